The fourth-order valence-electron chi connectivity index (χ4n) is 1.65. The number of hydrogen-bond acceptors (Lipinski definition) is 3. The molecule has 1 unspecified atom stereocenters. The molecule has 0 aliphatic heterocycles. The number of aliphatic hydroxyl groups is 1. The number of aliphatic hydroxyl groups excluding tert-OH is 1. The number of rotatable bonds is 7. The third kappa shape index (κ3) is 5.47. The van der Waals surface area contributed by atoms with Crippen molar-refractivity contribution >= 4 is 5.91 Å². The highest BCUT2D eigenvalue weighted by Crippen LogP contribution is 2.04. The van der Waals surface area contributed by atoms with Gasteiger partial charge in [0.25, 0.3) is 0 Å². The van der Waals surface area contributed by atoms with Gasteiger partial charge in [-0.05, 0) is 31.0 Å². The van der Waals surface area contributed by atoms with Gasteiger partial charge >= 0.3 is 0 Å². The van der Waals surface area contributed by atoms with Gasteiger partial charge in [-0.25, -0.2) is 0 Å². The summed E-state index contributed by atoms with van der Waals surface area (Å²) in [5.74, 6) is -0.280. The van der Waals surface area contributed by atoms with Crippen LogP contribution < -0.4 is 11.1 Å². The highest BCUT2D eigenvalue weighted by atomic mass is 16.3. The van der Waals surface area contributed by atoms with E-state index < -0.39 is 0 Å². The summed E-state index contributed by atoms with van der Waals surface area (Å²) in [6.45, 7) is 2.83. The Bertz CT molecular complexity index is 349. The number of carbonyl (C=O) groups is 1. The normalized spacial score (nSPS) is 12.4. The van der Waals surface area contributed by atoms with E-state index in [0.29, 0.717) is 6.42 Å². The molecular weight excluding hydrogens is 216 g/mol. The molecule has 94 valence electrons. The van der Waals surface area contributed by atoms with Crippen LogP contribution in [0.3, 0.4) is 0 Å². The van der Waals surface area contributed by atoms with Crippen molar-refractivity contribution in [1.29, 1.82) is 0 Å². The molecule has 1 aromatic rings. The third-order valence-corrected chi connectivity index (χ3v) is 2.62. The van der Waals surface area contributed by atoms with Gasteiger partial charge in [0.2, 0.25) is 5.91 Å². The minimum absolute atomic E-state index is 0.0776. The van der Waals surface area contributed by atoms with Gasteiger partial charge in [-0.2, -0.15) is 0 Å². The molecule has 0 heterocycles. The van der Waals surface area contributed by atoms with Gasteiger partial charge in [-0.15, -0.1) is 0 Å². The molecule has 1 atom stereocenters. The van der Waals surface area contributed by atoms with Gasteiger partial charge in [0.05, 0.1) is 6.61 Å². The second-order valence-corrected chi connectivity index (χ2v) is 4.25. The first-order valence-corrected chi connectivity index (χ1v) is 5.82. The number of amides is 1. The van der Waals surface area contributed by atoms with Crippen molar-refractivity contribution in [2.24, 2.45) is 5.73 Å². The van der Waals surface area contributed by atoms with Gasteiger partial charge in [-0.1, -0.05) is 24.3 Å². The Labute approximate surface area is 102 Å². The SMILES string of the molecule is CC(CC(N)=O)NCCc1ccc(CO)cc1. The van der Waals surface area contributed by atoms with E-state index in [2.05, 4.69) is 5.32 Å². The summed E-state index contributed by atoms with van der Waals surface area (Å²) in [6, 6.07) is 7.96. The van der Waals surface area contributed by atoms with E-state index in [-0.39, 0.29) is 18.6 Å². The molecule has 4 N–H and O–H groups in total. The van der Waals surface area contributed by atoms with Crippen LogP contribution in [0.2, 0.25) is 0 Å². The monoisotopic (exact) mass is 236 g/mol. The molecule has 0 aliphatic carbocycles. The fourth-order valence-corrected chi connectivity index (χ4v) is 1.65. The average molecular weight is 236 g/mol. The van der Waals surface area contributed by atoms with Crippen LogP contribution in [0.1, 0.15) is 24.5 Å². The van der Waals surface area contributed by atoms with Gasteiger partial charge in [0, 0.05) is 12.5 Å². The summed E-state index contributed by atoms with van der Waals surface area (Å²) in [7, 11) is 0. The summed E-state index contributed by atoms with van der Waals surface area (Å²) >= 11 is 0. The molecule has 0 saturated heterocycles. The zero-order valence-corrected chi connectivity index (χ0v) is 10.1. The summed E-state index contributed by atoms with van der Waals surface area (Å²) in [6.07, 6.45) is 1.26. The standard InChI is InChI=1S/C13H20N2O2/c1-10(8-13(14)17)15-7-6-11-2-4-12(9-16)5-3-11/h2-5,10,15-16H,6-9H2,1H3,(H2,14,17). The topological polar surface area (TPSA) is 75.4 Å². The van der Waals surface area contributed by atoms with Crippen molar-refractivity contribution in [2.75, 3.05) is 6.54 Å². The number of benzene rings is 1. The van der Waals surface area contributed by atoms with Crippen LogP contribution in [0.15, 0.2) is 24.3 Å². The molecule has 17 heavy (non-hydrogen) atoms. The van der Waals surface area contributed by atoms with Crippen LogP contribution in [0, 0.1) is 0 Å². The molecule has 0 fully saturated rings. The van der Waals surface area contributed by atoms with Crippen LogP contribution in [0.25, 0.3) is 0 Å². The lowest BCUT2D eigenvalue weighted by Crippen LogP contribution is -2.32. The Morgan fingerprint density at radius 3 is 2.47 bits per heavy atom. The van der Waals surface area contributed by atoms with E-state index in [1.54, 1.807) is 0 Å². The van der Waals surface area contributed by atoms with Crippen molar-refractivity contribution in [1.82, 2.24) is 5.32 Å². The third-order valence-electron chi connectivity index (χ3n) is 2.62. The van der Waals surface area contributed by atoms with E-state index in [1.807, 2.05) is 31.2 Å². The summed E-state index contributed by atoms with van der Waals surface area (Å²) < 4.78 is 0. The maximum Gasteiger partial charge on any atom is 0.218 e. The number of hydrogen-bond donors (Lipinski definition) is 3. The Morgan fingerprint density at radius 1 is 1.35 bits per heavy atom. The van der Waals surface area contributed by atoms with Crippen molar-refractivity contribution in [3.05, 3.63) is 35.4 Å². The lowest BCUT2D eigenvalue weighted by molar-refractivity contribution is -0.118. The van der Waals surface area contributed by atoms with Crippen molar-refractivity contribution in [3.8, 4) is 0 Å². The highest BCUT2D eigenvalue weighted by molar-refractivity contribution is 5.74. The zero-order valence-electron chi connectivity index (χ0n) is 10.1. The Kier molecular flexibility index (Phi) is 5.66. The van der Waals surface area contributed by atoms with E-state index in [1.165, 1.54) is 5.56 Å². The molecular formula is C13H20N2O2. The molecule has 0 radical (unpaired) electrons. The minimum atomic E-state index is -0.280. The average Bonchev–Trinajstić information content (AvgIpc) is 2.29. The first kappa shape index (κ1) is 13.7. The van der Waals surface area contributed by atoms with Crippen molar-refractivity contribution < 1.29 is 9.90 Å². The van der Waals surface area contributed by atoms with Gasteiger partial charge in [-0.3, -0.25) is 4.79 Å². The summed E-state index contributed by atoms with van der Waals surface area (Å²) in [5.41, 5.74) is 7.23. The molecule has 0 aromatic heterocycles. The Balaban J connectivity index is 2.28. The van der Waals surface area contributed by atoms with E-state index in [0.717, 1.165) is 18.5 Å². The predicted molar refractivity (Wildman–Crippen MR) is 67.3 cm³/mol. The molecule has 4 nitrogen and oxygen atoms in total. The maximum absolute atomic E-state index is 10.7. The second-order valence-electron chi connectivity index (χ2n) is 4.25. The first-order chi connectivity index (χ1) is 8.11. The maximum atomic E-state index is 10.7. The van der Waals surface area contributed by atoms with E-state index in [4.69, 9.17) is 10.8 Å². The Morgan fingerprint density at radius 2 is 1.94 bits per heavy atom. The zero-order chi connectivity index (χ0) is 12.7. The van der Waals surface area contributed by atoms with Crippen LogP contribution in [-0.4, -0.2) is 23.6 Å². The summed E-state index contributed by atoms with van der Waals surface area (Å²) in [4.78, 5) is 10.7. The molecule has 0 aliphatic rings. The van der Waals surface area contributed by atoms with E-state index >= 15 is 0 Å². The second kappa shape index (κ2) is 7.04. The summed E-state index contributed by atoms with van der Waals surface area (Å²) in [5, 5.41) is 12.1. The van der Waals surface area contributed by atoms with Crippen LogP contribution in [0.4, 0.5) is 0 Å². The smallest absolute Gasteiger partial charge is 0.218 e. The molecule has 0 bridgehead atoms. The van der Waals surface area contributed by atoms with Crippen LogP contribution >= 0.6 is 0 Å². The largest absolute Gasteiger partial charge is 0.392 e. The van der Waals surface area contributed by atoms with E-state index in [9.17, 15) is 4.79 Å². The number of nitrogens with two attached hydrogens (primary N) is 1. The quantitative estimate of drug-likeness (QED) is 0.648. The van der Waals surface area contributed by atoms with Gasteiger partial charge in [0.15, 0.2) is 0 Å². The van der Waals surface area contributed by atoms with Crippen molar-refractivity contribution in [3.63, 3.8) is 0 Å². The highest BCUT2D eigenvalue weighted by Gasteiger charge is 2.04. The van der Waals surface area contributed by atoms with Crippen LogP contribution in [-0.2, 0) is 17.8 Å². The van der Waals surface area contributed by atoms with Gasteiger partial charge < -0.3 is 16.2 Å². The number of primary amides is 1. The predicted octanol–water partition coefficient (Wildman–Crippen LogP) is 0.575. The minimum Gasteiger partial charge on any atom is -0.392 e. The Hall–Kier alpha value is -1.39. The lowest BCUT2D eigenvalue weighted by atomic mass is 10.1. The van der Waals surface area contributed by atoms with Crippen molar-refractivity contribution in [2.45, 2.75) is 32.4 Å². The molecule has 4 heteroatoms. The molecule has 1 amide bonds. The number of nitrogens with one attached hydrogen (secondary N) is 1. The molecule has 1 aromatic carbocycles. The molecule has 0 spiro atoms. The lowest BCUT2D eigenvalue weighted by Gasteiger charge is -2.11. The molecule has 0 saturated carbocycles. The number of carbonyl (C=O) groups excluding carboxylic acids is 1. The van der Waals surface area contributed by atoms with Gasteiger partial charge in [0.1, 0.15) is 0 Å². The first-order valence-electron chi connectivity index (χ1n) is 5.82. The molecule has 1 rings (SSSR count). The van der Waals surface area contributed by atoms with Crippen LogP contribution in [0.5, 0.6) is 0 Å². The fraction of sp³-hybridized carbons (Fsp3) is 0.462.